The fourth-order valence-electron chi connectivity index (χ4n) is 2.17. The molecule has 1 aromatic carbocycles. The quantitative estimate of drug-likeness (QED) is 0.691. The van der Waals surface area contributed by atoms with Gasteiger partial charge in [0.1, 0.15) is 18.9 Å². The molecule has 0 saturated carbocycles. The second-order valence-electron chi connectivity index (χ2n) is 4.82. The van der Waals surface area contributed by atoms with Crippen molar-refractivity contribution in [2.24, 2.45) is 0 Å². The average Bonchev–Trinajstić information content (AvgIpc) is 2.45. The molecule has 1 saturated heterocycles. The van der Waals surface area contributed by atoms with Crippen LogP contribution in [0.25, 0.3) is 0 Å². The highest BCUT2D eigenvalue weighted by Gasteiger charge is 2.16. The molecule has 1 aliphatic heterocycles. The second kappa shape index (κ2) is 7.12. The Bertz CT molecular complexity index is 530. The lowest BCUT2D eigenvalue weighted by atomic mass is 10.3. The summed E-state index contributed by atoms with van der Waals surface area (Å²) in [4.78, 5) is 1.40. The minimum Gasteiger partial charge on any atom is -0.370 e. The predicted octanol–water partition coefficient (Wildman–Crippen LogP) is -0.591. The highest BCUT2D eigenvalue weighted by Crippen LogP contribution is 2.09. The monoisotopic (exact) mass is 303 g/mol. The zero-order valence-electron chi connectivity index (χ0n) is 11.3. The molecule has 0 spiro atoms. The van der Waals surface area contributed by atoms with Crippen molar-refractivity contribution in [2.75, 3.05) is 39.4 Å². The maximum atomic E-state index is 13.0. The summed E-state index contributed by atoms with van der Waals surface area (Å²) in [7, 11) is -3.61. The van der Waals surface area contributed by atoms with Crippen LogP contribution in [0, 0.1) is 5.82 Å². The number of rotatable bonds is 6. The van der Waals surface area contributed by atoms with Crippen LogP contribution in [0.3, 0.4) is 0 Å². The van der Waals surface area contributed by atoms with Gasteiger partial charge < -0.3 is 9.64 Å². The minimum absolute atomic E-state index is 0.0313. The van der Waals surface area contributed by atoms with Crippen molar-refractivity contribution in [3.05, 3.63) is 30.1 Å². The van der Waals surface area contributed by atoms with E-state index in [2.05, 4.69) is 4.72 Å². The number of quaternary nitrogens is 1. The highest BCUT2D eigenvalue weighted by atomic mass is 32.2. The summed E-state index contributed by atoms with van der Waals surface area (Å²) in [6, 6.07) is 5.02. The molecule has 112 valence electrons. The van der Waals surface area contributed by atoms with Crippen LogP contribution in [0.4, 0.5) is 4.39 Å². The topological polar surface area (TPSA) is 59.8 Å². The van der Waals surface area contributed by atoms with Gasteiger partial charge in [0.15, 0.2) is 0 Å². The maximum absolute atomic E-state index is 13.0. The van der Waals surface area contributed by atoms with Crippen LogP contribution < -0.4 is 9.62 Å². The molecule has 1 aliphatic rings. The summed E-state index contributed by atoms with van der Waals surface area (Å²) in [5.74, 6) is -0.550. The first-order valence-electron chi connectivity index (χ1n) is 6.74. The fraction of sp³-hybridized carbons (Fsp3) is 0.538. The molecule has 2 rings (SSSR count). The van der Waals surface area contributed by atoms with Crippen molar-refractivity contribution in [3.8, 4) is 0 Å². The lowest BCUT2D eigenvalue weighted by molar-refractivity contribution is -0.908. The predicted molar refractivity (Wildman–Crippen MR) is 72.6 cm³/mol. The number of benzene rings is 1. The van der Waals surface area contributed by atoms with Crippen molar-refractivity contribution in [2.45, 2.75) is 11.3 Å². The molecule has 1 heterocycles. The summed E-state index contributed by atoms with van der Waals surface area (Å²) in [5, 5.41) is 0. The molecule has 0 amide bonds. The molecule has 20 heavy (non-hydrogen) atoms. The number of ether oxygens (including phenoxy) is 1. The van der Waals surface area contributed by atoms with Gasteiger partial charge >= 0.3 is 0 Å². The van der Waals surface area contributed by atoms with Gasteiger partial charge in [-0.3, -0.25) is 0 Å². The fourth-order valence-corrected chi connectivity index (χ4v) is 3.28. The number of nitrogens with one attached hydrogen (secondary N) is 2. The molecule has 0 radical (unpaired) electrons. The summed E-state index contributed by atoms with van der Waals surface area (Å²) in [5.41, 5.74) is 0. The van der Waals surface area contributed by atoms with Gasteiger partial charge in [-0.25, -0.2) is 17.5 Å². The number of hydrogen-bond acceptors (Lipinski definition) is 3. The van der Waals surface area contributed by atoms with E-state index in [1.54, 1.807) is 0 Å². The summed E-state index contributed by atoms with van der Waals surface area (Å²) in [6.45, 7) is 4.75. The van der Waals surface area contributed by atoms with E-state index < -0.39 is 15.8 Å². The zero-order chi connectivity index (χ0) is 14.4. The van der Waals surface area contributed by atoms with E-state index in [4.69, 9.17) is 4.74 Å². The lowest BCUT2D eigenvalue weighted by Crippen LogP contribution is -3.14. The van der Waals surface area contributed by atoms with Gasteiger partial charge in [0, 0.05) is 13.0 Å². The second-order valence-corrected chi connectivity index (χ2v) is 6.59. The third-order valence-electron chi connectivity index (χ3n) is 3.31. The molecule has 7 heteroatoms. The molecule has 0 atom stereocenters. The lowest BCUT2D eigenvalue weighted by Gasteiger charge is -2.23. The van der Waals surface area contributed by atoms with Gasteiger partial charge in [-0.15, -0.1) is 0 Å². The van der Waals surface area contributed by atoms with Gasteiger partial charge in [-0.05, 0) is 18.2 Å². The van der Waals surface area contributed by atoms with Gasteiger partial charge in [-0.1, -0.05) is 6.07 Å². The summed E-state index contributed by atoms with van der Waals surface area (Å²) in [6.07, 6.45) is 0.754. The van der Waals surface area contributed by atoms with E-state index in [0.29, 0.717) is 6.54 Å². The van der Waals surface area contributed by atoms with Crippen LogP contribution in [0.1, 0.15) is 6.42 Å². The first-order chi connectivity index (χ1) is 9.58. The first kappa shape index (κ1) is 15.4. The molecule has 0 aliphatic carbocycles. The Morgan fingerprint density at radius 1 is 1.30 bits per heavy atom. The molecule has 1 fully saturated rings. The molecule has 2 N–H and O–H groups in total. The average molecular weight is 303 g/mol. The Balaban J connectivity index is 1.78. The van der Waals surface area contributed by atoms with Crippen molar-refractivity contribution < 1.29 is 22.4 Å². The van der Waals surface area contributed by atoms with Crippen LogP contribution in [-0.2, 0) is 14.8 Å². The van der Waals surface area contributed by atoms with E-state index in [0.717, 1.165) is 45.3 Å². The highest BCUT2D eigenvalue weighted by molar-refractivity contribution is 7.89. The molecule has 1 aromatic rings. The third kappa shape index (κ3) is 4.52. The molecular formula is C13H20FN2O3S+. The summed E-state index contributed by atoms with van der Waals surface area (Å²) >= 11 is 0. The molecule has 0 bridgehead atoms. The Hall–Kier alpha value is -1.02. The molecule has 0 unspecified atom stereocenters. The van der Waals surface area contributed by atoms with E-state index in [1.807, 2.05) is 0 Å². The van der Waals surface area contributed by atoms with E-state index in [-0.39, 0.29) is 4.90 Å². The van der Waals surface area contributed by atoms with Gasteiger partial charge in [0.2, 0.25) is 10.0 Å². The van der Waals surface area contributed by atoms with Crippen molar-refractivity contribution >= 4 is 10.0 Å². The third-order valence-corrected chi connectivity index (χ3v) is 4.76. The number of halogens is 1. The van der Waals surface area contributed by atoms with E-state index in [1.165, 1.54) is 23.1 Å². The Morgan fingerprint density at radius 3 is 2.75 bits per heavy atom. The Morgan fingerprint density at radius 2 is 2.05 bits per heavy atom. The Kier molecular flexibility index (Phi) is 5.47. The maximum Gasteiger partial charge on any atom is 0.240 e. The molecule has 0 aromatic heterocycles. The molecule has 5 nitrogen and oxygen atoms in total. The van der Waals surface area contributed by atoms with Crippen LogP contribution >= 0.6 is 0 Å². The van der Waals surface area contributed by atoms with Gasteiger partial charge in [0.05, 0.1) is 24.7 Å². The minimum atomic E-state index is -3.61. The summed E-state index contributed by atoms with van der Waals surface area (Å²) < 4.78 is 44.6. The standard InChI is InChI=1S/C13H19FN2O3S/c14-12-3-1-4-13(11-12)20(17,18)15-5-2-6-16-7-9-19-10-8-16/h1,3-4,11,15H,2,5-10H2/p+1. The van der Waals surface area contributed by atoms with Gasteiger partial charge in [0.25, 0.3) is 0 Å². The van der Waals surface area contributed by atoms with Crippen molar-refractivity contribution in [1.82, 2.24) is 4.72 Å². The molecular weight excluding hydrogens is 283 g/mol. The SMILES string of the molecule is O=S(=O)(NCCC[NH+]1CCOCC1)c1cccc(F)c1. The van der Waals surface area contributed by atoms with E-state index >= 15 is 0 Å². The first-order valence-corrected chi connectivity index (χ1v) is 8.23. The largest absolute Gasteiger partial charge is 0.370 e. The van der Waals surface area contributed by atoms with Crippen LogP contribution in [0.2, 0.25) is 0 Å². The number of sulfonamides is 1. The number of morpholine rings is 1. The Labute approximate surface area is 118 Å². The van der Waals surface area contributed by atoms with Crippen LogP contribution in [0.15, 0.2) is 29.2 Å². The van der Waals surface area contributed by atoms with Crippen molar-refractivity contribution in [3.63, 3.8) is 0 Å². The zero-order valence-corrected chi connectivity index (χ0v) is 12.1. The van der Waals surface area contributed by atoms with Crippen LogP contribution in [0.5, 0.6) is 0 Å². The smallest absolute Gasteiger partial charge is 0.240 e. The van der Waals surface area contributed by atoms with Crippen LogP contribution in [-0.4, -0.2) is 47.8 Å². The van der Waals surface area contributed by atoms with E-state index in [9.17, 15) is 12.8 Å². The normalized spacial score (nSPS) is 17.2. The number of hydrogen-bond donors (Lipinski definition) is 2. The van der Waals surface area contributed by atoms with Gasteiger partial charge in [-0.2, -0.15) is 0 Å². The van der Waals surface area contributed by atoms with Crippen molar-refractivity contribution in [1.29, 1.82) is 0 Å².